The van der Waals surface area contributed by atoms with Crippen LogP contribution < -0.4 is 0 Å². The van der Waals surface area contributed by atoms with Crippen LogP contribution in [-0.2, 0) is 0 Å². The maximum absolute atomic E-state index is 4.13. The summed E-state index contributed by atoms with van der Waals surface area (Å²) < 4.78 is 1.90. The molecule has 3 aromatic heterocycles. The smallest absolute Gasteiger partial charge is 0.203 e. The highest BCUT2D eigenvalue weighted by Crippen LogP contribution is 2.22. The quantitative estimate of drug-likeness (QED) is 0.626. The van der Waals surface area contributed by atoms with E-state index in [0.717, 1.165) is 10.8 Å². The van der Waals surface area contributed by atoms with Crippen LogP contribution in [0.1, 0.15) is 0 Å². The van der Waals surface area contributed by atoms with Gasteiger partial charge in [0, 0.05) is 18.6 Å². The average molecular weight is 229 g/mol. The summed E-state index contributed by atoms with van der Waals surface area (Å²) >= 11 is 1.39. The van der Waals surface area contributed by atoms with Crippen molar-refractivity contribution >= 4 is 17.4 Å². The lowest BCUT2D eigenvalue weighted by Crippen LogP contribution is -1.88. The number of hydrogen-bond donors (Lipinski definition) is 0. The molecule has 0 aliphatic rings. The van der Waals surface area contributed by atoms with Crippen molar-refractivity contribution < 1.29 is 0 Å². The second kappa shape index (κ2) is 3.90. The van der Waals surface area contributed by atoms with E-state index in [9.17, 15) is 0 Å². The molecule has 3 aromatic rings. The molecule has 0 spiro atoms. The first-order valence-electron chi connectivity index (χ1n) is 4.68. The van der Waals surface area contributed by atoms with Crippen molar-refractivity contribution in [3.63, 3.8) is 0 Å². The summed E-state index contributed by atoms with van der Waals surface area (Å²) in [6, 6.07) is 7.55. The van der Waals surface area contributed by atoms with Crippen molar-refractivity contribution in [2.45, 2.75) is 10.3 Å². The van der Waals surface area contributed by atoms with Crippen LogP contribution in [0.3, 0.4) is 0 Å². The van der Waals surface area contributed by atoms with Crippen LogP contribution in [0.25, 0.3) is 5.65 Å². The van der Waals surface area contributed by atoms with Gasteiger partial charge in [0.25, 0.3) is 0 Å². The van der Waals surface area contributed by atoms with Gasteiger partial charge in [-0.2, -0.15) is 0 Å². The van der Waals surface area contributed by atoms with Crippen LogP contribution in [0.5, 0.6) is 0 Å². The number of aromatic nitrogens is 5. The van der Waals surface area contributed by atoms with Gasteiger partial charge in [-0.3, -0.25) is 4.40 Å². The Bertz CT molecular complexity index is 607. The summed E-state index contributed by atoms with van der Waals surface area (Å²) in [6.45, 7) is 0. The Labute approximate surface area is 95.6 Å². The van der Waals surface area contributed by atoms with Gasteiger partial charge in [0.1, 0.15) is 0 Å². The van der Waals surface area contributed by atoms with Gasteiger partial charge in [-0.15, -0.1) is 10.2 Å². The minimum absolute atomic E-state index is 0.667. The molecule has 0 fully saturated rings. The largest absolute Gasteiger partial charge is 0.277 e. The number of pyridine rings is 1. The van der Waals surface area contributed by atoms with Gasteiger partial charge in [0.05, 0.1) is 0 Å². The first-order chi connectivity index (χ1) is 7.93. The van der Waals surface area contributed by atoms with E-state index in [4.69, 9.17) is 0 Å². The van der Waals surface area contributed by atoms with Crippen molar-refractivity contribution in [3.05, 3.63) is 42.9 Å². The standard InChI is InChI=1S/C10H7N5S/c1-2-7-15-8(4-1)13-14-10(15)16-9-11-5-3-6-12-9/h1-7H. The van der Waals surface area contributed by atoms with Gasteiger partial charge in [0.2, 0.25) is 5.16 Å². The molecule has 0 aromatic carbocycles. The summed E-state index contributed by atoms with van der Waals surface area (Å²) in [5, 5.41) is 9.57. The van der Waals surface area contributed by atoms with Crippen molar-refractivity contribution in [2.75, 3.05) is 0 Å². The Morgan fingerprint density at radius 1 is 1.00 bits per heavy atom. The zero-order valence-corrected chi connectivity index (χ0v) is 9.00. The van der Waals surface area contributed by atoms with E-state index in [0.29, 0.717) is 5.16 Å². The third-order valence-electron chi connectivity index (χ3n) is 2.01. The Kier molecular flexibility index (Phi) is 2.26. The zero-order chi connectivity index (χ0) is 10.8. The number of rotatable bonds is 2. The predicted molar refractivity (Wildman–Crippen MR) is 59.1 cm³/mol. The molecule has 0 unspecified atom stereocenters. The predicted octanol–water partition coefficient (Wildman–Crippen LogP) is 1.67. The Morgan fingerprint density at radius 2 is 1.88 bits per heavy atom. The maximum atomic E-state index is 4.13. The fourth-order valence-electron chi connectivity index (χ4n) is 1.31. The van der Waals surface area contributed by atoms with Crippen LogP contribution >= 0.6 is 11.8 Å². The zero-order valence-electron chi connectivity index (χ0n) is 8.19. The van der Waals surface area contributed by atoms with Crippen LogP contribution in [0.2, 0.25) is 0 Å². The molecule has 0 bridgehead atoms. The second-order valence-electron chi connectivity index (χ2n) is 3.04. The van der Waals surface area contributed by atoms with Crippen molar-refractivity contribution in [1.29, 1.82) is 0 Å². The fraction of sp³-hybridized carbons (Fsp3) is 0. The molecule has 0 amide bonds. The van der Waals surface area contributed by atoms with Gasteiger partial charge in [0.15, 0.2) is 10.8 Å². The van der Waals surface area contributed by atoms with Crippen molar-refractivity contribution in [1.82, 2.24) is 24.6 Å². The summed E-state index contributed by atoms with van der Waals surface area (Å²) in [5.74, 6) is 0. The van der Waals surface area contributed by atoms with Crippen molar-refractivity contribution in [3.8, 4) is 0 Å². The fourth-order valence-corrected chi connectivity index (χ4v) is 2.03. The molecule has 78 valence electrons. The molecule has 0 N–H and O–H groups in total. The third kappa shape index (κ3) is 1.63. The lowest BCUT2D eigenvalue weighted by molar-refractivity contribution is 0.899. The van der Waals surface area contributed by atoms with E-state index in [2.05, 4.69) is 20.2 Å². The normalized spacial score (nSPS) is 10.8. The first-order valence-corrected chi connectivity index (χ1v) is 5.50. The molecule has 0 saturated carbocycles. The Morgan fingerprint density at radius 3 is 2.75 bits per heavy atom. The number of nitrogens with zero attached hydrogens (tertiary/aromatic N) is 5. The number of hydrogen-bond acceptors (Lipinski definition) is 5. The molecule has 0 atom stereocenters. The summed E-state index contributed by atoms with van der Waals surface area (Å²) in [5.41, 5.74) is 0.820. The van der Waals surface area contributed by atoms with E-state index < -0.39 is 0 Å². The molecule has 3 heterocycles. The van der Waals surface area contributed by atoms with E-state index in [1.54, 1.807) is 18.5 Å². The highest BCUT2D eigenvalue weighted by molar-refractivity contribution is 7.99. The second-order valence-corrected chi connectivity index (χ2v) is 3.98. The van der Waals surface area contributed by atoms with E-state index in [-0.39, 0.29) is 0 Å². The van der Waals surface area contributed by atoms with E-state index in [1.165, 1.54) is 11.8 Å². The Balaban J connectivity index is 2.01. The van der Waals surface area contributed by atoms with Crippen LogP contribution in [0.4, 0.5) is 0 Å². The molecule has 3 rings (SSSR count). The molecule has 0 saturated heterocycles. The Hall–Kier alpha value is -1.95. The monoisotopic (exact) mass is 229 g/mol. The first kappa shape index (κ1) is 9.29. The lowest BCUT2D eigenvalue weighted by atomic mass is 10.5. The maximum Gasteiger partial charge on any atom is 0.203 e. The summed E-state index contributed by atoms with van der Waals surface area (Å²) in [6.07, 6.45) is 5.33. The van der Waals surface area contributed by atoms with Gasteiger partial charge in [-0.1, -0.05) is 6.07 Å². The molecule has 16 heavy (non-hydrogen) atoms. The van der Waals surface area contributed by atoms with Gasteiger partial charge in [-0.05, 0) is 30.0 Å². The molecule has 0 radical (unpaired) electrons. The summed E-state index contributed by atoms with van der Waals surface area (Å²) in [4.78, 5) is 8.26. The van der Waals surface area contributed by atoms with Crippen LogP contribution in [-0.4, -0.2) is 24.6 Å². The average Bonchev–Trinajstić information content (AvgIpc) is 2.74. The number of fused-ring (bicyclic) bond motifs is 1. The highest BCUT2D eigenvalue weighted by atomic mass is 32.2. The van der Waals surface area contributed by atoms with Gasteiger partial charge < -0.3 is 0 Å². The highest BCUT2D eigenvalue weighted by Gasteiger charge is 2.07. The summed E-state index contributed by atoms with van der Waals surface area (Å²) in [7, 11) is 0. The van der Waals surface area contributed by atoms with Crippen LogP contribution in [0.15, 0.2) is 53.2 Å². The van der Waals surface area contributed by atoms with Gasteiger partial charge in [-0.25, -0.2) is 9.97 Å². The SMILES string of the molecule is c1cnc(Sc2nnc3ccccn23)nc1. The molecule has 0 aliphatic heterocycles. The molecular formula is C10H7N5S. The van der Waals surface area contributed by atoms with E-state index in [1.807, 2.05) is 28.8 Å². The molecule has 5 nitrogen and oxygen atoms in total. The molecular weight excluding hydrogens is 222 g/mol. The minimum Gasteiger partial charge on any atom is -0.277 e. The van der Waals surface area contributed by atoms with Gasteiger partial charge >= 0.3 is 0 Å². The van der Waals surface area contributed by atoms with E-state index >= 15 is 0 Å². The van der Waals surface area contributed by atoms with Crippen molar-refractivity contribution in [2.24, 2.45) is 0 Å². The molecule has 0 aliphatic carbocycles. The lowest BCUT2D eigenvalue weighted by Gasteiger charge is -1.96. The third-order valence-corrected chi connectivity index (χ3v) is 2.86. The van der Waals surface area contributed by atoms with Crippen LogP contribution in [0, 0.1) is 0 Å². The minimum atomic E-state index is 0.667. The topological polar surface area (TPSA) is 56.0 Å². The molecule has 6 heteroatoms.